The van der Waals surface area contributed by atoms with E-state index >= 15 is 0 Å². The summed E-state index contributed by atoms with van der Waals surface area (Å²) < 4.78 is 14.9. The summed E-state index contributed by atoms with van der Waals surface area (Å²) in [6.07, 6.45) is 0. The van der Waals surface area contributed by atoms with Crippen LogP contribution in [0.5, 0.6) is 0 Å². The van der Waals surface area contributed by atoms with Crippen LogP contribution in [-0.2, 0) is 0 Å². The normalized spacial score (nSPS) is 10.9. The van der Waals surface area contributed by atoms with Gasteiger partial charge in [-0.05, 0) is 26.0 Å². The van der Waals surface area contributed by atoms with Crippen molar-refractivity contribution < 1.29 is 4.39 Å². The van der Waals surface area contributed by atoms with Gasteiger partial charge in [-0.2, -0.15) is 5.26 Å². The third-order valence-corrected chi connectivity index (χ3v) is 2.18. The van der Waals surface area contributed by atoms with Gasteiger partial charge in [0.15, 0.2) is 0 Å². The topological polar surface area (TPSA) is 54.5 Å². The third-order valence-electron chi connectivity index (χ3n) is 2.18. The largest absolute Gasteiger partial charge is 0.241 e. The molecular formula is C10H9FN4. The monoisotopic (exact) mass is 204 g/mol. The molecule has 0 aliphatic heterocycles. The van der Waals surface area contributed by atoms with Crippen molar-refractivity contribution in [3.63, 3.8) is 0 Å². The molecule has 4 nitrogen and oxygen atoms in total. The van der Waals surface area contributed by atoms with E-state index < -0.39 is 5.82 Å². The van der Waals surface area contributed by atoms with Gasteiger partial charge in [-0.25, -0.2) is 9.07 Å². The van der Waals surface area contributed by atoms with Crippen molar-refractivity contribution in [1.29, 1.82) is 5.26 Å². The van der Waals surface area contributed by atoms with E-state index in [0.29, 0.717) is 11.0 Å². The molecule has 5 heteroatoms. The molecule has 0 saturated carbocycles. The van der Waals surface area contributed by atoms with Crippen molar-refractivity contribution in [3.05, 3.63) is 23.5 Å². The van der Waals surface area contributed by atoms with Crippen LogP contribution in [0.25, 0.3) is 11.0 Å². The summed E-state index contributed by atoms with van der Waals surface area (Å²) in [6.45, 7) is 3.81. The van der Waals surface area contributed by atoms with Crippen LogP contribution in [0.1, 0.15) is 25.5 Å². The lowest BCUT2D eigenvalue weighted by Gasteiger charge is -2.06. The molecule has 2 aromatic rings. The highest BCUT2D eigenvalue weighted by atomic mass is 19.1. The van der Waals surface area contributed by atoms with Crippen LogP contribution in [0, 0.1) is 17.1 Å². The van der Waals surface area contributed by atoms with E-state index in [1.54, 1.807) is 4.68 Å². The van der Waals surface area contributed by atoms with E-state index in [0.717, 1.165) is 0 Å². The van der Waals surface area contributed by atoms with Gasteiger partial charge in [-0.3, -0.25) is 0 Å². The lowest BCUT2D eigenvalue weighted by molar-refractivity contribution is 0.528. The molecule has 1 heterocycles. The SMILES string of the molecule is CC(C)n1nnc2ccc(F)c(C#N)c21. The van der Waals surface area contributed by atoms with E-state index in [-0.39, 0.29) is 11.6 Å². The average molecular weight is 204 g/mol. The Bertz CT molecular complexity index is 550. The minimum Gasteiger partial charge on any atom is -0.241 e. The summed E-state index contributed by atoms with van der Waals surface area (Å²) in [5.41, 5.74) is 1.01. The second kappa shape index (κ2) is 3.31. The summed E-state index contributed by atoms with van der Waals surface area (Å²) in [5, 5.41) is 16.7. The highest BCUT2D eigenvalue weighted by molar-refractivity contribution is 5.81. The van der Waals surface area contributed by atoms with E-state index in [4.69, 9.17) is 5.26 Å². The first-order valence-corrected chi connectivity index (χ1v) is 4.58. The van der Waals surface area contributed by atoms with Gasteiger partial charge in [0, 0.05) is 6.04 Å². The van der Waals surface area contributed by atoms with Gasteiger partial charge in [0.1, 0.15) is 28.5 Å². The molecule has 0 unspecified atom stereocenters. The first-order chi connectivity index (χ1) is 7.15. The van der Waals surface area contributed by atoms with Gasteiger partial charge < -0.3 is 0 Å². The molecule has 15 heavy (non-hydrogen) atoms. The van der Waals surface area contributed by atoms with Crippen LogP contribution < -0.4 is 0 Å². The third kappa shape index (κ3) is 1.34. The Morgan fingerprint density at radius 1 is 1.47 bits per heavy atom. The Morgan fingerprint density at radius 2 is 2.20 bits per heavy atom. The summed E-state index contributed by atoms with van der Waals surface area (Å²) >= 11 is 0. The Morgan fingerprint density at radius 3 is 2.80 bits per heavy atom. The number of fused-ring (bicyclic) bond motifs is 1. The van der Waals surface area contributed by atoms with Crippen molar-refractivity contribution in [3.8, 4) is 6.07 Å². The minimum absolute atomic E-state index is 0.00574. The fourth-order valence-electron chi connectivity index (χ4n) is 1.48. The van der Waals surface area contributed by atoms with Crippen LogP contribution in [0.4, 0.5) is 4.39 Å². The summed E-state index contributed by atoms with van der Waals surface area (Å²) in [6, 6.07) is 4.65. The van der Waals surface area contributed by atoms with Crippen molar-refractivity contribution in [1.82, 2.24) is 15.0 Å². The molecule has 0 bridgehead atoms. The number of benzene rings is 1. The molecule has 0 spiro atoms. The molecule has 2 rings (SSSR count). The zero-order chi connectivity index (χ0) is 11.0. The number of aromatic nitrogens is 3. The van der Waals surface area contributed by atoms with E-state index in [9.17, 15) is 4.39 Å². The van der Waals surface area contributed by atoms with Gasteiger partial charge >= 0.3 is 0 Å². The predicted molar refractivity (Wildman–Crippen MR) is 52.6 cm³/mol. The number of rotatable bonds is 1. The zero-order valence-electron chi connectivity index (χ0n) is 8.40. The van der Waals surface area contributed by atoms with Crippen LogP contribution in [-0.4, -0.2) is 15.0 Å². The number of hydrogen-bond acceptors (Lipinski definition) is 3. The Labute approximate surface area is 85.9 Å². The molecule has 0 radical (unpaired) electrons. The number of nitrogens with zero attached hydrogens (tertiary/aromatic N) is 4. The van der Waals surface area contributed by atoms with Gasteiger partial charge in [-0.15, -0.1) is 5.10 Å². The van der Waals surface area contributed by atoms with Crippen molar-refractivity contribution >= 4 is 11.0 Å². The van der Waals surface area contributed by atoms with E-state index in [1.807, 2.05) is 19.9 Å². The quantitative estimate of drug-likeness (QED) is 0.714. The van der Waals surface area contributed by atoms with E-state index in [2.05, 4.69) is 10.3 Å². The maximum absolute atomic E-state index is 13.3. The first kappa shape index (κ1) is 9.59. The number of halogens is 1. The number of hydrogen-bond donors (Lipinski definition) is 0. The molecule has 0 aliphatic rings. The van der Waals surface area contributed by atoms with Gasteiger partial charge in [0.25, 0.3) is 0 Å². The van der Waals surface area contributed by atoms with Gasteiger partial charge in [0.05, 0.1) is 0 Å². The number of nitriles is 1. The van der Waals surface area contributed by atoms with Crippen molar-refractivity contribution in [2.75, 3.05) is 0 Å². The van der Waals surface area contributed by atoms with Gasteiger partial charge in [0.2, 0.25) is 0 Å². The molecule has 0 amide bonds. The lowest BCUT2D eigenvalue weighted by atomic mass is 10.2. The zero-order valence-corrected chi connectivity index (χ0v) is 8.40. The summed E-state index contributed by atoms with van der Waals surface area (Å²) in [4.78, 5) is 0. The highest BCUT2D eigenvalue weighted by Crippen LogP contribution is 2.21. The molecular weight excluding hydrogens is 195 g/mol. The molecule has 76 valence electrons. The van der Waals surface area contributed by atoms with Crippen LogP contribution in [0.3, 0.4) is 0 Å². The standard InChI is InChI=1S/C10H9FN4/c1-6(2)15-10-7(5-12)8(11)3-4-9(10)13-14-15/h3-4,6H,1-2H3. The van der Waals surface area contributed by atoms with E-state index in [1.165, 1.54) is 12.1 Å². The predicted octanol–water partition coefficient (Wildman–Crippen LogP) is 2.02. The minimum atomic E-state index is -0.533. The van der Waals surface area contributed by atoms with Crippen LogP contribution >= 0.6 is 0 Å². The maximum Gasteiger partial charge on any atom is 0.143 e. The fraction of sp³-hybridized carbons (Fsp3) is 0.300. The van der Waals surface area contributed by atoms with Crippen LogP contribution in [0.15, 0.2) is 12.1 Å². The molecule has 0 fully saturated rings. The van der Waals surface area contributed by atoms with Crippen molar-refractivity contribution in [2.24, 2.45) is 0 Å². The van der Waals surface area contributed by atoms with Crippen LogP contribution in [0.2, 0.25) is 0 Å². The van der Waals surface area contributed by atoms with Crippen molar-refractivity contribution in [2.45, 2.75) is 19.9 Å². The molecule has 0 atom stereocenters. The maximum atomic E-state index is 13.3. The molecule has 1 aromatic heterocycles. The second-order valence-electron chi connectivity index (χ2n) is 3.53. The Balaban J connectivity index is 2.88. The first-order valence-electron chi connectivity index (χ1n) is 4.58. The summed E-state index contributed by atoms with van der Waals surface area (Å²) in [7, 11) is 0. The van der Waals surface area contributed by atoms with Gasteiger partial charge in [-0.1, -0.05) is 5.21 Å². The average Bonchev–Trinajstić information content (AvgIpc) is 2.61. The highest BCUT2D eigenvalue weighted by Gasteiger charge is 2.15. The molecule has 0 N–H and O–H groups in total. The lowest BCUT2D eigenvalue weighted by Crippen LogP contribution is -2.04. The molecule has 0 aliphatic carbocycles. The summed E-state index contributed by atoms with van der Waals surface area (Å²) in [5.74, 6) is -0.533. The molecule has 1 aromatic carbocycles. The second-order valence-corrected chi connectivity index (χ2v) is 3.53. The fourth-order valence-corrected chi connectivity index (χ4v) is 1.48. The smallest absolute Gasteiger partial charge is 0.143 e. The molecule has 0 saturated heterocycles. The Hall–Kier alpha value is -1.96. The Kier molecular flexibility index (Phi) is 2.12.